The minimum absolute atomic E-state index is 0.0650. The minimum Gasteiger partial charge on any atom is -0.381 e. The Labute approximate surface area is 118 Å². The van der Waals surface area contributed by atoms with Gasteiger partial charge in [-0.3, -0.25) is 9.48 Å². The van der Waals surface area contributed by atoms with E-state index in [9.17, 15) is 4.79 Å². The maximum Gasteiger partial charge on any atom is 0.227 e. The van der Waals surface area contributed by atoms with Crippen LogP contribution in [0.3, 0.4) is 0 Å². The summed E-state index contributed by atoms with van der Waals surface area (Å²) >= 11 is 0. The van der Waals surface area contributed by atoms with Gasteiger partial charge in [-0.1, -0.05) is 0 Å². The van der Waals surface area contributed by atoms with Crippen LogP contribution in [-0.4, -0.2) is 42.1 Å². The second-order valence-corrected chi connectivity index (χ2v) is 5.43. The number of aromatic nitrogens is 2. The lowest BCUT2D eigenvalue weighted by atomic mass is 9.99. The molecule has 1 aromatic rings. The van der Waals surface area contributed by atoms with Gasteiger partial charge >= 0.3 is 0 Å². The maximum absolute atomic E-state index is 12.1. The zero-order valence-corrected chi connectivity index (χ0v) is 11.6. The number of carbonyl (C=O) groups excluding carboxylic acids is 1. The van der Waals surface area contributed by atoms with Crippen LogP contribution >= 0.6 is 0 Å². The highest BCUT2D eigenvalue weighted by molar-refractivity contribution is 5.92. The monoisotopic (exact) mass is 279 g/mol. The van der Waals surface area contributed by atoms with Gasteiger partial charge in [0.1, 0.15) is 0 Å². The van der Waals surface area contributed by atoms with Gasteiger partial charge in [0, 0.05) is 38.5 Å². The molecule has 1 N–H and O–H groups in total. The van der Waals surface area contributed by atoms with E-state index in [1.54, 1.807) is 6.20 Å². The molecule has 6 nitrogen and oxygen atoms in total. The van der Waals surface area contributed by atoms with Crippen LogP contribution in [0.2, 0.25) is 0 Å². The highest BCUT2D eigenvalue weighted by Crippen LogP contribution is 2.22. The van der Waals surface area contributed by atoms with Crippen molar-refractivity contribution in [2.75, 3.05) is 31.7 Å². The van der Waals surface area contributed by atoms with Crippen LogP contribution in [0.5, 0.6) is 0 Å². The molecule has 2 saturated heterocycles. The number of carbonyl (C=O) groups is 1. The van der Waals surface area contributed by atoms with Gasteiger partial charge in [-0.25, -0.2) is 0 Å². The van der Waals surface area contributed by atoms with E-state index in [4.69, 9.17) is 9.47 Å². The first kappa shape index (κ1) is 13.6. The van der Waals surface area contributed by atoms with Crippen LogP contribution in [0.4, 0.5) is 5.69 Å². The number of hydrogen-bond acceptors (Lipinski definition) is 4. The van der Waals surface area contributed by atoms with E-state index in [1.807, 2.05) is 10.9 Å². The van der Waals surface area contributed by atoms with Crippen molar-refractivity contribution in [1.82, 2.24) is 9.78 Å². The van der Waals surface area contributed by atoms with Crippen molar-refractivity contribution in [3.63, 3.8) is 0 Å². The lowest BCUT2D eigenvalue weighted by Crippen LogP contribution is -2.28. The minimum atomic E-state index is 0.0650. The number of anilines is 1. The van der Waals surface area contributed by atoms with Gasteiger partial charge in [0.25, 0.3) is 0 Å². The van der Waals surface area contributed by atoms with E-state index in [2.05, 4.69) is 10.4 Å². The van der Waals surface area contributed by atoms with Gasteiger partial charge in [0.2, 0.25) is 5.91 Å². The number of hydrogen-bond donors (Lipinski definition) is 1. The van der Waals surface area contributed by atoms with Crippen molar-refractivity contribution in [2.45, 2.75) is 31.7 Å². The van der Waals surface area contributed by atoms with E-state index in [0.717, 1.165) is 44.6 Å². The molecule has 0 radical (unpaired) electrons. The SMILES string of the molecule is O=C(Nc1cnn(C2CCOCC2)c1)C1CCOCC1. The van der Waals surface area contributed by atoms with Gasteiger partial charge in [0.15, 0.2) is 0 Å². The highest BCUT2D eigenvalue weighted by Gasteiger charge is 2.22. The fourth-order valence-electron chi connectivity index (χ4n) is 2.76. The smallest absolute Gasteiger partial charge is 0.227 e. The molecule has 20 heavy (non-hydrogen) atoms. The van der Waals surface area contributed by atoms with Crippen molar-refractivity contribution in [3.8, 4) is 0 Å². The molecule has 0 spiro atoms. The van der Waals surface area contributed by atoms with Crippen molar-refractivity contribution in [3.05, 3.63) is 12.4 Å². The molecule has 2 fully saturated rings. The average molecular weight is 279 g/mol. The summed E-state index contributed by atoms with van der Waals surface area (Å²) in [5.41, 5.74) is 0.785. The Morgan fingerprint density at radius 2 is 1.80 bits per heavy atom. The zero-order valence-electron chi connectivity index (χ0n) is 11.6. The molecule has 0 aromatic carbocycles. The second-order valence-electron chi connectivity index (χ2n) is 5.43. The second kappa shape index (κ2) is 6.37. The summed E-state index contributed by atoms with van der Waals surface area (Å²) in [5.74, 6) is 0.148. The Bertz CT molecular complexity index is 448. The topological polar surface area (TPSA) is 65.4 Å². The molecule has 110 valence electrons. The van der Waals surface area contributed by atoms with Crippen molar-refractivity contribution < 1.29 is 14.3 Å². The molecule has 0 aliphatic carbocycles. The third-order valence-corrected chi connectivity index (χ3v) is 4.03. The van der Waals surface area contributed by atoms with Crippen molar-refractivity contribution >= 4 is 11.6 Å². The normalized spacial score (nSPS) is 21.8. The Kier molecular flexibility index (Phi) is 4.32. The molecular weight excluding hydrogens is 258 g/mol. The maximum atomic E-state index is 12.1. The third kappa shape index (κ3) is 3.19. The predicted octanol–water partition coefficient (Wildman–Crippen LogP) is 1.60. The van der Waals surface area contributed by atoms with E-state index in [-0.39, 0.29) is 11.8 Å². The van der Waals surface area contributed by atoms with Gasteiger partial charge in [-0.15, -0.1) is 0 Å². The number of amides is 1. The summed E-state index contributed by atoms with van der Waals surface area (Å²) < 4.78 is 12.6. The number of ether oxygens (including phenoxy) is 2. The van der Waals surface area contributed by atoms with Gasteiger partial charge in [-0.05, 0) is 25.7 Å². The van der Waals surface area contributed by atoms with Crippen LogP contribution in [0.15, 0.2) is 12.4 Å². The average Bonchev–Trinajstić information content (AvgIpc) is 2.97. The molecule has 3 heterocycles. The van der Waals surface area contributed by atoms with Gasteiger partial charge in [-0.2, -0.15) is 5.10 Å². The Morgan fingerprint density at radius 1 is 1.15 bits per heavy atom. The first-order valence-electron chi connectivity index (χ1n) is 7.33. The summed E-state index contributed by atoms with van der Waals surface area (Å²) in [7, 11) is 0. The Balaban J connectivity index is 1.57. The largest absolute Gasteiger partial charge is 0.381 e. The van der Waals surface area contributed by atoms with Gasteiger partial charge in [0.05, 0.1) is 17.9 Å². The lowest BCUT2D eigenvalue weighted by molar-refractivity contribution is -0.122. The molecule has 3 rings (SSSR count). The van der Waals surface area contributed by atoms with Crippen LogP contribution in [0, 0.1) is 5.92 Å². The van der Waals surface area contributed by atoms with Crippen molar-refractivity contribution in [1.29, 1.82) is 0 Å². The summed E-state index contributed by atoms with van der Waals surface area (Å²) in [6.07, 6.45) is 7.23. The fourth-order valence-corrected chi connectivity index (χ4v) is 2.76. The molecule has 0 unspecified atom stereocenters. The molecule has 2 aliphatic heterocycles. The molecule has 0 bridgehead atoms. The van der Waals surface area contributed by atoms with E-state index < -0.39 is 0 Å². The summed E-state index contributed by atoms with van der Waals surface area (Å²) in [4.78, 5) is 12.1. The molecule has 6 heteroatoms. The lowest BCUT2D eigenvalue weighted by Gasteiger charge is -2.22. The molecule has 0 saturated carbocycles. The predicted molar refractivity (Wildman–Crippen MR) is 73.5 cm³/mol. The van der Waals surface area contributed by atoms with Crippen LogP contribution in [0.25, 0.3) is 0 Å². The fraction of sp³-hybridized carbons (Fsp3) is 0.714. The molecule has 1 aromatic heterocycles. The summed E-state index contributed by atoms with van der Waals surface area (Å²) in [6.45, 7) is 2.93. The first-order valence-corrected chi connectivity index (χ1v) is 7.33. The van der Waals surface area contributed by atoms with E-state index >= 15 is 0 Å². The van der Waals surface area contributed by atoms with Crippen LogP contribution in [-0.2, 0) is 14.3 Å². The Morgan fingerprint density at radius 3 is 2.50 bits per heavy atom. The highest BCUT2D eigenvalue weighted by atomic mass is 16.5. The molecule has 2 aliphatic rings. The van der Waals surface area contributed by atoms with Crippen LogP contribution < -0.4 is 5.32 Å². The van der Waals surface area contributed by atoms with E-state index in [1.165, 1.54) is 0 Å². The summed E-state index contributed by atoms with van der Waals surface area (Å²) in [6, 6.07) is 0.387. The first-order chi connectivity index (χ1) is 9.83. The molecule has 1 amide bonds. The molecular formula is C14H21N3O3. The van der Waals surface area contributed by atoms with Crippen molar-refractivity contribution in [2.24, 2.45) is 5.92 Å². The van der Waals surface area contributed by atoms with Crippen LogP contribution in [0.1, 0.15) is 31.7 Å². The Hall–Kier alpha value is -1.40. The third-order valence-electron chi connectivity index (χ3n) is 4.03. The zero-order chi connectivity index (χ0) is 13.8. The molecule has 0 atom stereocenters. The van der Waals surface area contributed by atoms with Gasteiger partial charge < -0.3 is 14.8 Å². The number of rotatable bonds is 3. The quantitative estimate of drug-likeness (QED) is 0.912. The number of nitrogens with one attached hydrogen (secondary N) is 1. The van der Waals surface area contributed by atoms with E-state index in [0.29, 0.717) is 19.3 Å². The standard InChI is InChI=1S/C14H21N3O3/c18-14(11-1-5-19-6-2-11)16-12-9-15-17(10-12)13-3-7-20-8-4-13/h9-11,13H,1-8H2,(H,16,18). The summed E-state index contributed by atoms with van der Waals surface area (Å²) in [5, 5.41) is 7.32. The number of nitrogens with zero attached hydrogens (tertiary/aromatic N) is 2.